The van der Waals surface area contributed by atoms with Crippen molar-refractivity contribution in [2.75, 3.05) is 13.1 Å². The van der Waals surface area contributed by atoms with E-state index in [2.05, 4.69) is 15.9 Å². The second-order valence-corrected chi connectivity index (χ2v) is 8.52. The van der Waals surface area contributed by atoms with Crippen molar-refractivity contribution in [2.45, 2.75) is 19.4 Å². The number of amides is 2. The topological polar surface area (TPSA) is 112 Å². The van der Waals surface area contributed by atoms with Gasteiger partial charge in [-0.05, 0) is 29.5 Å². The van der Waals surface area contributed by atoms with E-state index in [1.807, 2.05) is 6.07 Å². The van der Waals surface area contributed by atoms with Gasteiger partial charge in [-0.3, -0.25) is 9.59 Å². The summed E-state index contributed by atoms with van der Waals surface area (Å²) in [6.07, 6.45) is 1.07. The van der Waals surface area contributed by atoms with Crippen LogP contribution in [0.3, 0.4) is 0 Å². The highest BCUT2D eigenvalue weighted by molar-refractivity contribution is 9.10. The number of benzene rings is 2. The van der Waals surface area contributed by atoms with Crippen LogP contribution >= 0.6 is 15.9 Å². The fraction of sp³-hybridized carbons (Fsp3) is 0.273. The maximum atomic E-state index is 13.0. The molecule has 0 unspecified atom stereocenters. The van der Waals surface area contributed by atoms with E-state index in [1.54, 1.807) is 47.4 Å². The number of hydrogen-bond donors (Lipinski definition) is 3. The molecule has 2 amide bonds. The summed E-state index contributed by atoms with van der Waals surface area (Å²) >= 11 is 3.42. The van der Waals surface area contributed by atoms with Gasteiger partial charge in [-0.15, -0.1) is 0 Å². The number of piperidine rings is 1. The molecule has 8 nitrogen and oxygen atoms in total. The van der Waals surface area contributed by atoms with Gasteiger partial charge in [0.05, 0.1) is 0 Å². The Morgan fingerprint density at radius 2 is 1.77 bits per heavy atom. The van der Waals surface area contributed by atoms with Gasteiger partial charge in [-0.25, -0.2) is 0 Å². The van der Waals surface area contributed by atoms with Crippen LogP contribution in [0.2, 0.25) is 0 Å². The number of halogens is 1. The summed E-state index contributed by atoms with van der Waals surface area (Å²) in [5, 5.41) is 22.5. The number of nitrogens with two attached hydrogens (primary N) is 1. The first-order valence-electron chi connectivity index (χ1n) is 9.98. The molecule has 0 atom stereocenters. The molecule has 2 aromatic carbocycles. The summed E-state index contributed by atoms with van der Waals surface area (Å²) in [7, 11) is 0. The highest BCUT2D eigenvalue weighted by Gasteiger charge is 2.38. The van der Waals surface area contributed by atoms with Gasteiger partial charge < -0.3 is 20.8 Å². The largest absolute Gasteiger partial charge is 0.638 e. The lowest BCUT2D eigenvalue weighted by atomic mass is 9.96. The van der Waals surface area contributed by atoms with Gasteiger partial charge in [-0.2, -0.15) is 0 Å². The van der Waals surface area contributed by atoms with E-state index >= 15 is 0 Å². The number of likely N-dealkylation sites (tertiary alicyclic amines) is 1. The molecule has 2 heterocycles. The number of nitrogens with zero attached hydrogens (tertiary/aromatic N) is 3. The van der Waals surface area contributed by atoms with Crippen LogP contribution in [0.25, 0.3) is 16.6 Å². The average molecular weight is 487 g/mol. The maximum Gasteiger partial charge on any atom is 0.638 e. The molecule has 0 aliphatic carbocycles. The van der Waals surface area contributed by atoms with Crippen molar-refractivity contribution < 1.29 is 28.9 Å². The van der Waals surface area contributed by atoms with Gasteiger partial charge in [-0.1, -0.05) is 38.7 Å². The second kappa shape index (κ2) is 8.50. The predicted molar refractivity (Wildman–Crippen MR) is 115 cm³/mol. The molecule has 1 aromatic heterocycles. The summed E-state index contributed by atoms with van der Waals surface area (Å²) in [5.41, 5.74) is 6.46. The Morgan fingerprint density at radius 3 is 2.42 bits per heavy atom. The summed E-state index contributed by atoms with van der Waals surface area (Å²) in [6, 6.07) is 13.9. The van der Waals surface area contributed by atoms with Crippen molar-refractivity contribution in [3.8, 4) is 17.6 Å². The normalized spacial score (nSPS) is 14.7. The average Bonchev–Trinajstić information content (AvgIpc) is 2.77. The van der Waals surface area contributed by atoms with Gasteiger partial charge in [0.1, 0.15) is 0 Å². The standard InChI is InChI=1S/C22H21BrN4O4/c23-15-6-7-18-17(12-15)21(30)27(16-4-2-1-3-5-16)22(31)26(18)13-19(28)25-10-8-14(9-11-25)20(24)29/h1-7,12,14H,8-11,13H2,(H2,24,29)/p+2. The van der Waals surface area contributed by atoms with Crippen molar-refractivity contribution in [3.63, 3.8) is 0 Å². The molecule has 4 N–H and O–H groups in total. The van der Waals surface area contributed by atoms with E-state index in [0.717, 1.165) is 4.47 Å². The van der Waals surface area contributed by atoms with Crippen LogP contribution in [0.1, 0.15) is 12.8 Å². The molecule has 0 radical (unpaired) electrons. The number of carbonyl (C=O) groups excluding carboxylic acids is 2. The van der Waals surface area contributed by atoms with Crippen molar-refractivity contribution in [3.05, 3.63) is 53.0 Å². The summed E-state index contributed by atoms with van der Waals surface area (Å²) in [6.45, 7) is 0.764. The Bertz CT molecular complexity index is 1160. The van der Waals surface area contributed by atoms with Crippen LogP contribution < -0.4 is 14.9 Å². The lowest BCUT2D eigenvalue weighted by Crippen LogP contribution is -2.52. The molecule has 1 aliphatic heterocycles. The molecule has 1 fully saturated rings. The highest BCUT2D eigenvalue weighted by atomic mass is 79.9. The fourth-order valence-electron chi connectivity index (χ4n) is 3.99. The molecule has 0 bridgehead atoms. The number of para-hydroxylation sites is 1. The monoisotopic (exact) mass is 486 g/mol. The van der Waals surface area contributed by atoms with Gasteiger partial charge in [0.2, 0.25) is 23.7 Å². The minimum Gasteiger partial charge on any atom is -0.459 e. The van der Waals surface area contributed by atoms with E-state index in [1.165, 1.54) is 9.13 Å². The van der Waals surface area contributed by atoms with Gasteiger partial charge >= 0.3 is 11.9 Å². The molecule has 1 saturated heterocycles. The Morgan fingerprint density at radius 1 is 1.10 bits per heavy atom. The zero-order valence-electron chi connectivity index (χ0n) is 16.7. The number of aromatic nitrogens is 2. The quantitative estimate of drug-likeness (QED) is 0.482. The Hall–Kier alpha value is -3.20. The molecule has 160 valence electrons. The Balaban J connectivity index is 1.75. The van der Waals surface area contributed by atoms with Crippen LogP contribution in [0.5, 0.6) is 11.9 Å². The van der Waals surface area contributed by atoms with Crippen LogP contribution in [0, 0.1) is 5.92 Å². The molecule has 0 spiro atoms. The lowest BCUT2D eigenvalue weighted by Gasteiger charge is -2.29. The van der Waals surface area contributed by atoms with Crippen LogP contribution in [0.15, 0.2) is 53.0 Å². The molecule has 3 aromatic rings. The summed E-state index contributed by atoms with van der Waals surface area (Å²) in [4.78, 5) is 26.1. The number of rotatable bonds is 4. The van der Waals surface area contributed by atoms with Crippen molar-refractivity contribution >= 4 is 38.6 Å². The fourth-order valence-corrected chi connectivity index (χ4v) is 4.35. The zero-order valence-corrected chi connectivity index (χ0v) is 18.3. The van der Waals surface area contributed by atoms with E-state index in [9.17, 15) is 19.8 Å². The number of hydrogen-bond acceptors (Lipinski definition) is 4. The molecule has 9 heteroatoms. The molecule has 31 heavy (non-hydrogen) atoms. The van der Waals surface area contributed by atoms with Crippen molar-refractivity contribution in [1.82, 2.24) is 4.90 Å². The maximum absolute atomic E-state index is 13.0. The smallest absolute Gasteiger partial charge is 0.459 e. The van der Waals surface area contributed by atoms with Gasteiger partial charge in [0.25, 0.3) is 5.91 Å². The minimum atomic E-state index is -0.335. The summed E-state index contributed by atoms with van der Waals surface area (Å²) in [5.74, 6) is -0.862. The summed E-state index contributed by atoms with van der Waals surface area (Å²) < 4.78 is 3.55. The van der Waals surface area contributed by atoms with Crippen LogP contribution in [-0.4, -0.2) is 40.0 Å². The van der Waals surface area contributed by atoms with Crippen molar-refractivity contribution in [1.29, 1.82) is 0 Å². The molecule has 0 saturated carbocycles. The van der Waals surface area contributed by atoms with Crippen LogP contribution in [0.4, 0.5) is 0 Å². The van der Waals surface area contributed by atoms with E-state index in [4.69, 9.17) is 5.73 Å². The second-order valence-electron chi connectivity index (χ2n) is 7.60. The van der Waals surface area contributed by atoms with Gasteiger partial charge in [0, 0.05) is 41.7 Å². The molecule has 1 aliphatic rings. The third-order valence-electron chi connectivity index (χ3n) is 5.70. The first-order chi connectivity index (χ1) is 14.9. The van der Waals surface area contributed by atoms with Gasteiger partial charge in [0.15, 0.2) is 5.39 Å². The number of fused-ring (bicyclic) bond motifs is 1. The van der Waals surface area contributed by atoms with Crippen molar-refractivity contribution in [2.24, 2.45) is 11.7 Å². The van der Waals surface area contributed by atoms with E-state index in [-0.39, 0.29) is 36.2 Å². The molecular weight excluding hydrogens is 464 g/mol. The Labute approximate surface area is 187 Å². The lowest BCUT2D eigenvalue weighted by molar-refractivity contribution is -0.774. The highest BCUT2D eigenvalue weighted by Crippen LogP contribution is 2.26. The third-order valence-corrected chi connectivity index (χ3v) is 6.19. The first kappa shape index (κ1) is 21.0. The zero-order chi connectivity index (χ0) is 22.1. The number of carbonyl (C=O) groups is 2. The Kier molecular flexibility index (Phi) is 5.77. The molecule has 4 rings (SSSR count). The van der Waals surface area contributed by atoms with E-state index < -0.39 is 0 Å². The van der Waals surface area contributed by atoms with Crippen LogP contribution in [-0.2, 0) is 16.1 Å². The predicted octanol–water partition coefficient (Wildman–Crippen LogP) is 1.30. The van der Waals surface area contributed by atoms with E-state index in [0.29, 0.717) is 42.5 Å². The SMILES string of the molecule is NC(=O)C1CCN(C(=O)C[n+]2c(O)[n+](-c3ccccc3)c(O)c3cc(Br)ccc32)CC1. The first-order valence-corrected chi connectivity index (χ1v) is 10.8. The third kappa shape index (κ3) is 4.05. The number of aromatic hydroxyl groups is 2. The molecular formula is C22H23BrN4O4+2. The minimum absolute atomic E-state index is 0.113. The number of primary amides is 1.